The van der Waals surface area contributed by atoms with E-state index in [0.29, 0.717) is 0 Å². The van der Waals surface area contributed by atoms with Crippen molar-refractivity contribution in [2.24, 2.45) is 10.9 Å². The third-order valence-corrected chi connectivity index (χ3v) is 3.95. The normalized spacial score (nSPS) is 22.9. The molecule has 0 spiro atoms. The van der Waals surface area contributed by atoms with Gasteiger partial charge in [0.15, 0.2) is 5.50 Å². The van der Waals surface area contributed by atoms with Crippen molar-refractivity contribution >= 4 is 39.7 Å². The van der Waals surface area contributed by atoms with E-state index in [9.17, 15) is 0 Å². The Hall–Kier alpha value is -0.720. The van der Waals surface area contributed by atoms with E-state index < -0.39 is 0 Å². The first-order valence-electron chi connectivity index (χ1n) is 4.08. The minimum Gasteiger partial charge on any atom is -0.297 e. The maximum Gasteiger partial charge on any atom is 0.191 e. The second-order valence-electron chi connectivity index (χ2n) is 3.07. The molecule has 0 aromatic heterocycles. The van der Waals surface area contributed by atoms with Crippen molar-refractivity contribution in [3.63, 3.8) is 0 Å². The lowest BCUT2D eigenvalue weighted by Crippen LogP contribution is -2.37. The number of fused-ring (bicyclic) bond motifs is 3. The summed E-state index contributed by atoms with van der Waals surface area (Å²) in [5.41, 5.74) is 1.24. The van der Waals surface area contributed by atoms with Crippen LogP contribution in [0.2, 0.25) is 0 Å². The predicted octanol–water partition coefficient (Wildman–Crippen LogP) is 1.78. The molecule has 2 N–H and O–H groups in total. The molecule has 6 heteroatoms. The Labute approximate surface area is 93.8 Å². The first kappa shape index (κ1) is 8.58. The number of hydrogen-bond donors (Lipinski definition) is 1. The van der Waals surface area contributed by atoms with E-state index in [1.165, 1.54) is 10.0 Å². The van der Waals surface area contributed by atoms with Crippen molar-refractivity contribution in [3.8, 4) is 0 Å². The number of nitrogens with two attached hydrogens (primary N) is 1. The van der Waals surface area contributed by atoms with Crippen LogP contribution >= 0.6 is 27.7 Å². The minimum atomic E-state index is 0.0827. The summed E-state index contributed by atoms with van der Waals surface area (Å²) >= 11 is 5.16. The number of rotatable bonds is 0. The van der Waals surface area contributed by atoms with Crippen molar-refractivity contribution in [2.45, 2.75) is 10.4 Å². The van der Waals surface area contributed by atoms with Gasteiger partial charge >= 0.3 is 0 Å². The van der Waals surface area contributed by atoms with Crippen LogP contribution in [0.4, 0.5) is 5.69 Å². The summed E-state index contributed by atoms with van der Waals surface area (Å²) in [6, 6.07) is 6.20. The smallest absolute Gasteiger partial charge is 0.191 e. The number of hydrazone groups is 1. The van der Waals surface area contributed by atoms with Crippen LogP contribution in [0.1, 0.15) is 0 Å². The summed E-state index contributed by atoms with van der Waals surface area (Å²) < 4.78 is 1.07. The summed E-state index contributed by atoms with van der Waals surface area (Å²) in [5, 5.41) is 5.50. The van der Waals surface area contributed by atoms with Crippen LogP contribution in [-0.4, -0.2) is 17.0 Å². The number of hydrogen-bond acceptors (Lipinski definition) is 5. The standard InChI is InChI=1S/C8H7BrN4S/c9-5-1-2-7-6(3-5)12-4-11-13(10)8(12)14-7/h1-4,8H,10H2. The molecule has 3 rings (SSSR count). The molecule has 0 bridgehead atoms. The average Bonchev–Trinajstić information content (AvgIpc) is 2.67. The van der Waals surface area contributed by atoms with Crippen LogP contribution in [0.5, 0.6) is 0 Å². The molecule has 0 amide bonds. The first-order chi connectivity index (χ1) is 6.75. The number of hydrazine groups is 1. The molecule has 4 nitrogen and oxygen atoms in total. The molecule has 0 saturated carbocycles. The molecule has 2 aliphatic heterocycles. The van der Waals surface area contributed by atoms with Gasteiger partial charge in [0, 0.05) is 9.37 Å². The molecule has 1 aromatic carbocycles. The van der Waals surface area contributed by atoms with Gasteiger partial charge < -0.3 is 0 Å². The monoisotopic (exact) mass is 270 g/mol. The van der Waals surface area contributed by atoms with Gasteiger partial charge in [-0.2, -0.15) is 5.12 Å². The minimum absolute atomic E-state index is 0.0827. The third kappa shape index (κ3) is 1.08. The molecule has 0 radical (unpaired) electrons. The first-order valence-corrected chi connectivity index (χ1v) is 5.75. The third-order valence-electron chi connectivity index (χ3n) is 2.21. The van der Waals surface area contributed by atoms with Gasteiger partial charge in [0.1, 0.15) is 6.34 Å². The van der Waals surface area contributed by atoms with E-state index >= 15 is 0 Å². The van der Waals surface area contributed by atoms with Crippen LogP contribution in [-0.2, 0) is 0 Å². The van der Waals surface area contributed by atoms with Gasteiger partial charge in [-0.1, -0.05) is 27.7 Å². The molecule has 1 aromatic rings. The summed E-state index contributed by atoms with van der Waals surface area (Å²) in [7, 11) is 0. The molecular weight excluding hydrogens is 264 g/mol. The highest BCUT2D eigenvalue weighted by molar-refractivity contribution is 9.10. The fraction of sp³-hybridized carbons (Fsp3) is 0.125. The zero-order valence-corrected chi connectivity index (χ0v) is 9.49. The van der Waals surface area contributed by atoms with Crippen molar-refractivity contribution in [3.05, 3.63) is 22.7 Å². The Morgan fingerprint density at radius 2 is 2.36 bits per heavy atom. The molecule has 0 aliphatic carbocycles. The lowest BCUT2D eigenvalue weighted by atomic mass is 10.3. The second-order valence-corrected chi connectivity index (χ2v) is 5.09. The van der Waals surface area contributed by atoms with Gasteiger partial charge in [0.05, 0.1) is 5.69 Å². The van der Waals surface area contributed by atoms with E-state index in [1.807, 2.05) is 6.07 Å². The maximum atomic E-state index is 5.70. The second kappa shape index (κ2) is 2.88. The van der Waals surface area contributed by atoms with Gasteiger partial charge in [-0.05, 0) is 18.2 Å². The highest BCUT2D eigenvalue weighted by Gasteiger charge is 2.36. The van der Waals surface area contributed by atoms with Gasteiger partial charge in [0.25, 0.3) is 0 Å². The van der Waals surface area contributed by atoms with Gasteiger partial charge in [-0.15, -0.1) is 5.10 Å². The van der Waals surface area contributed by atoms with Crippen molar-refractivity contribution in [1.82, 2.24) is 5.12 Å². The number of halogens is 1. The van der Waals surface area contributed by atoms with Crippen molar-refractivity contribution < 1.29 is 0 Å². The van der Waals surface area contributed by atoms with Crippen LogP contribution < -0.4 is 10.7 Å². The fourth-order valence-corrected chi connectivity index (χ4v) is 3.01. The summed E-state index contributed by atoms with van der Waals surface area (Å²) in [5.74, 6) is 5.70. The highest BCUT2D eigenvalue weighted by atomic mass is 79.9. The van der Waals surface area contributed by atoms with Crippen LogP contribution in [0, 0.1) is 0 Å². The Balaban J connectivity index is 2.10. The molecule has 2 heterocycles. The molecule has 14 heavy (non-hydrogen) atoms. The zero-order chi connectivity index (χ0) is 9.71. The number of thioether (sulfide) groups is 1. The molecule has 0 fully saturated rings. The van der Waals surface area contributed by atoms with E-state index in [1.54, 1.807) is 18.1 Å². The molecule has 72 valence electrons. The summed E-state index contributed by atoms with van der Waals surface area (Å²) in [6.45, 7) is 0. The Morgan fingerprint density at radius 3 is 3.21 bits per heavy atom. The maximum absolute atomic E-state index is 5.70. The van der Waals surface area contributed by atoms with Gasteiger partial charge in [-0.3, -0.25) is 4.90 Å². The lowest BCUT2D eigenvalue weighted by molar-refractivity contribution is 0.309. The van der Waals surface area contributed by atoms with Crippen molar-refractivity contribution in [1.29, 1.82) is 0 Å². The number of benzene rings is 1. The molecule has 2 aliphatic rings. The van der Waals surface area contributed by atoms with Crippen molar-refractivity contribution in [2.75, 3.05) is 4.90 Å². The lowest BCUT2D eigenvalue weighted by Gasteiger charge is -2.18. The fourth-order valence-electron chi connectivity index (χ4n) is 1.55. The van der Waals surface area contributed by atoms with Gasteiger partial charge in [0.2, 0.25) is 0 Å². The van der Waals surface area contributed by atoms with E-state index in [0.717, 1.165) is 10.2 Å². The van der Waals surface area contributed by atoms with E-state index in [4.69, 9.17) is 5.84 Å². The van der Waals surface area contributed by atoms with E-state index in [-0.39, 0.29) is 5.50 Å². The molecule has 1 unspecified atom stereocenters. The largest absolute Gasteiger partial charge is 0.297 e. The number of anilines is 1. The van der Waals surface area contributed by atoms with Crippen LogP contribution in [0.15, 0.2) is 32.7 Å². The summed E-state index contributed by atoms with van der Waals surface area (Å²) in [6.07, 6.45) is 1.76. The van der Waals surface area contributed by atoms with Crippen LogP contribution in [0.3, 0.4) is 0 Å². The molecule has 0 saturated heterocycles. The van der Waals surface area contributed by atoms with E-state index in [2.05, 4.69) is 38.1 Å². The zero-order valence-electron chi connectivity index (χ0n) is 7.09. The Bertz CT molecular complexity index is 422. The topological polar surface area (TPSA) is 44.9 Å². The van der Waals surface area contributed by atoms with Gasteiger partial charge in [-0.25, -0.2) is 5.84 Å². The van der Waals surface area contributed by atoms with Crippen LogP contribution in [0.25, 0.3) is 0 Å². The average molecular weight is 271 g/mol. The highest BCUT2D eigenvalue weighted by Crippen LogP contribution is 2.45. The summed E-state index contributed by atoms with van der Waals surface area (Å²) in [4.78, 5) is 3.30. The molecular formula is C8H7BrN4S. The predicted molar refractivity (Wildman–Crippen MR) is 60.8 cm³/mol. The molecule has 1 atom stereocenters. The quantitative estimate of drug-likeness (QED) is 0.730. The SMILES string of the molecule is NN1N=CN2c3cc(Br)ccc3SC12. The Morgan fingerprint density at radius 1 is 1.50 bits per heavy atom. The Kier molecular flexibility index (Phi) is 1.77. The number of nitrogens with zero attached hydrogens (tertiary/aromatic N) is 3.